The number of amides is 1. The highest BCUT2D eigenvalue weighted by atomic mass is 19.4. The highest BCUT2D eigenvalue weighted by Crippen LogP contribution is 2.39. The van der Waals surface area contributed by atoms with Gasteiger partial charge in [-0.15, -0.1) is 0 Å². The minimum atomic E-state index is -4.11. The van der Waals surface area contributed by atoms with Crippen molar-refractivity contribution in [1.82, 2.24) is 5.32 Å². The van der Waals surface area contributed by atoms with Gasteiger partial charge in [-0.2, -0.15) is 13.2 Å². The van der Waals surface area contributed by atoms with Gasteiger partial charge in [0.2, 0.25) is 5.91 Å². The number of hydrogen-bond acceptors (Lipinski definition) is 2. The molecule has 0 aromatic rings. The maximum Gasteiger partial charge on any atom is 0.391 e. The van der Waals surface area contributed by atoms with E-state index in [-0.39, 0.29) is 30.6 Å². The Bertz CT molecular complexity index is 395. The van der Waals surface area contributed by atoms with Crippen molar-refractivity contribution in [2.45, 2.75) is 70.0 Å². The lowest BCUT2D eigenvalue weighted by molar-refractivity contribution is -0.185. The van der Waals surface area contributed by atoms with Gasteiger partial charge in [-0.05, 0) is 44.9 Å². The summed E-state index contributed by atoms with van der Waals surface area (Å²) in [4.78, 5) is 12.3. The molecule has 3 N–H and O–H groups in total. The van der Waals surface area contributed by atoms with Gasteiger partial charge in [-0.25, -0.2) is 0 Å². The molecule has 4 atom stereocenters. The van der Waals surface area contributed by atoms with Gasteiger partial charge in [0.25, 0.3) is 0 Å². The Morgan fingerprint density at radius 1 is 1.23 bits per heavy atom. The number of nitrogens with one attached hydrogen (secondary N) is 1. The van der Waals surface area contributed by atoms with E-state index in [4.69, 9.17) is 5.73 Å². The van der Waals surface area contributed by atoms with Crippen LogP contribution in [0.5, 0.6) is 0 Å². The quantitative estimate of drug-likeness (QED) is 0.837. The van der Waals surface area contributed by atoms with Gasteiger partial charge >= 0.3 is 6.18 Å². The maximum atomic E-state index is 12.8. The Labute approximate surface area is 130 Å². The maximum absolute atomic E-state index is 12.8. The van der Waals surface area contributed by atoms with E-state index in [9.17, 15) is 18.0 Å². The molecule has 2 aliphatic carbocycles. The molecule has 128 valence electrons. The number of hydrogen-bond donors (Lipinski definition) is 2. The molecule has 1 amide bonds. The summed E-state index contributed by atoms with van der Waals surface area (Å²) in [6.07, 6.45) is 1.21. The van der Waals surface area contributed by atoms with Crippen molar-refractivity contribution < 1.29 is 18.0 Å². The van der Waals surface area contributed by atoms with Crippen LogP contribution in [0.1, 0.15) is 58.3 Å². The minimum Gasteiger partial charge on any atom is -0.356 e. The molecule has 2 aliphatic rings. The minimum absolute atomic E-state index is 0.0723. The van der Waals surface area contributed by atoms with Crippen LogP contribution >= 0.6 is 0 Å². The molecule has 0 aromatic heterocycles. The van der Waals surface area contributed by atoms with Crippen molar-refractivity contribution in [2.24, 2.45) is 23.5 Å². The molecule has 0 saturated heterocycles. The van der Waals surface area contributed by atoms with Crippen molar-refractivity contribution in [3.8, 4) is 0 Å². The number of carbonyl (C=O) groups is 1. The standard InChI is InChI=1S/C16H27F3N2O/c1-15(20)8-3-2-7-13(15)14(22)21-10-11-5-4-6-12(9-11)16(17,18)19/h11-13H,2-10,20H2,1H3,(H,21,22). The van der Waals surface area contributed by atoms with E-state index < -0.39 is 17.6 Å². The van der Waals surface area contributed by atoms with E-state index in [1.54, 1.807) is 0 Å². The van der Waals surface area contributed by atoms with Crippen LogP contribution in [0.3, 0.4) is 0 Å². The fraction of sp³-hybridized carbons (Fsp3) is 0.938. The van der Waals surface area contributed by atoms with Crippen LogP contribution in [-0.4, -0.2) is 24.2 Å². The second-order valence-corrected chi connectivity index (χ2v) is 7.32. The van der Waals surface area contributed by atoms with Gasteiger partial charge in [0.1, 0.15) is 0 Å². The number of rotatable bonds is 3. The molecule has 0 aliphatic heterocycles. The molecule has 6 heteroatoms. The summed E-state index contributed by atoms with van der Waals surface area (Å²) < 4.78 is 38.4. The molecule has 22 heavy (non-hydrogen) atoms. The normalized spacial score (nSPS) is 36.9. The predicted octanol–water partition coefficient (Wildman–Crippen LogP) is 3.38. The van der Waals surface area contributed by atoms with Gasteiger partial charge < -0.3 is 11.1 Å². The van der Waals surface area contributed by atoms with Crippen LogP contribution in [0, 0.1) is 17.8 Å². The first-order valence-corrected chi connectivity index (χ1v) is 8.33. The van der Waals surface area contributed by atoms with Crippen molar-refractivity contribution in [3.05, 3.63) is 0 Å². The number of halogens is 3. The molecule has 2 saturated carbocycles. The summed E-state index contributed by atoms with van der Waals surface area (Å²) in [6, 6.07) is 0. The molecule has 0 bridgehead atoms. The summed E-state index contributed by atoms with van der Waals surface area (Å²) in [6.45, 7) is 2.24. The molecule has 2 fully saturated rings. The Kier molecular flexibility index (Phi) is 5.41. The first-order valence-electron chi connectivity index (χ1n) is 8.33. The SMILES string of the molecule is CC1(N)CCCCC1C(=O)NCC1CCCC(C(F)(F)F)C1. The first-order chi connectivity index (χ1) is 10.2. The lowest BCUT2D eigenvalue weighted by atomic mass is 9.74. The van der Waals surface area contributed by atoms with E-state index >= 15 is 0 Å². The summed E-state index contributed by atoms with van der Waals surface area (Å²) in [5, 5.41) is 2.86. The number of nitrogens with two attached hydrogens (primary N) is 1. The molecule has 2 rings (SSSR count). The molecule has 0 spiro atoms. The highest BCUT2D eigenvalue weighted by Gasteiger charge is 2.42. The van der Waals surface area contributed by atoms with Crippen LogP contribution in [-0.2, 0) is 4.79 Å². The molecule has 0 heterocycles. The lowest BCUT2D eigenvalue weighted by Crippen LogP contribution is -2.53. The zero-order chi connectivity index (χ0) is 16.4. The second kappa shape index (κ2) is 6.77. The zero-order valence-corrected chi connectivity index (χ0v) is 13.2. The van der Waals surface area contributed by atoms with Crippen molar-refractivity contribution in [1.29, 1.82) is 0 Å². The Morgan fingerprint density at radius 2 is 1.95 bits per heavy atom. The Balaban J connectivity index is 1.83. The number of alkyl halides is 3. The van der Waals surface area contributed by atoms with Gasteiger partial charge in [-0.1, -0.05) is 19.3 Å². The van der Waals surface area contributed by atoms with E-state index in [1.807, 2.05) is 6.92 Å². The Hall–Kier alpha value is -0.780. The topological polar surface area (TPSA) is 55.1 Å². The van der Waals surface area contributed by atoms with Crippen LogP contribution in [0.25, 0.3) is 0 Å². The molecule has 3 nitrogen and oxygen atoms in total. The molecular formula is C16H27F3N2O. The van der Waals surface area contributed by atoms with E-state index in [0.717, 1.165) is 32.1 Å². The monoisotopic (exact) mass is 320 g/mol. The first kappa shape index (κ1) is 17.6. The average Bonchev–Trinajstić information content (AvgIpc) is 2.44. The number of carbonyl (C=O) groups excluding carboxylic acids is 1. The van der Waals surface area contributed by atoms with Crippen molar-refractivity contribution >= 4 is 5.91 Å². The predicted molar refractivity (Wildman–Crippen MR) is 79.1 cm³/mol. The van der Waals surface area contributed by atoms with Crippen molar-refractivity contribution in [3.63, 3.8) is 0 Å². The van der Waals surface area contributed by atoms with Gasteiger partial charge in [0.05, 0.1) is 11.8 Å². The van der Waals surface area contributed by atoms with Crippen molar-refractivity contribution in [2.75, 3.05) is 6.54 Å². The fourth-order valence-electron chi connectivity index (χ4n) is 3.93. The third kappa shape index (κ3) is 4.37. The summed E-state index contributed by atoms with van der Waals surface area (Å²) in [5.74, 6) is -1.59. The third-order valence-electron chi connectivity index (χ3n) is 5.38. The summed E-state index contributed by atoms with van der Waals surface area (Å²) >= 11 is 0. The summed E-state index contributed by atoms with van der Waals surface area (Å²) in [7, 11) is 0. The third-order valence-corrected chi connectivity index (χ3v) is 5.38. The van der Waals surface area contributed by atoms with Gasteiger partial charge in [0.15, 0.2) is 0 Å². The van der Waals surface area contributed by atoms with E-state index in [1.165, 1.54) is 0 Å². The summed E-state index contributed by atoms with van der Waals surface area (Å²) in [5.41, 5.74) is 5.70. The molecule has 0 aromatic carbocycles. The van der Waals surface area contributed by atoms with Crippen LogP contribution in [0.15, 0.2) is 0 Å². The van der Waals surface area contributed by atoms with E-state index in [0.29, 0.717) is 13.0 Å². The fourth-order valence-corrected chi connectivity index (χ4v) is 3.93. The largest absolute Gasteiger partial charge is 0.391 e. The van der Waals surface area contributed by atoms with Crippen LogP contribution in [0.2, 0.25) is 0 Å². The Morgan fingerprint density at radius 3 is 2.59 bits per heavy atom. The smallest absolute Gasteiger partial charge is 0.356 e. The second-order valence-electron chi connectivity index (χ2n) is 7.32. The lowest BCUT2D eigenvalue weighted by Gasteiger charge is -2.38. The van der Waals surface area contributed by atoms with E-state index in [2.05, 4.69) is 5.32 Å². The van der Waals surface area contributed by atoms with Gasteiger partial charge in [0, 0.05) is 12.1 Å². The zero-order valence-electron chi connectivity index (χ0n) is 13.2. The molecule has 4 unspecified atom stereocenters. The molecular weight excluding hydrogens is 293 g/mol. The molecule has 0 radical (unpaired) electrons. The highest BCUT2D eigenvalue weighted by molar-refractivity contribution is 5.80. The van der Waals surface area contributed by atoms with Crippen LogP contribution < -0.4 is 11.1 Å². The average molecular weight is 320 g/mol. The van der Waals surface area contributed by atoms with Gasteiger partial charge in [-0.3, -0.25) is 4.79 Å². The van der Waals surface area contributed by atoms with Crippen LogP contribution in [0.4, 0.5) is 13.2 Å².